The second kappa shape index (κ2) is 8.64. The predicted molar refractivity (Wildman–Crippen MR) is 76.2 cm³/mol. The highest BCUT2D eigenvalue weighted by Gasteiger charge is 1.98. The van der Waals surface area contributed by atoms with Crippen molar-refractivity contribution in [3.63, 3.8) is 0 Å². The maximum absolute atomic E-state index is 5.78. The molecule has 3 N–H and O–H groups in total. The SMILES string of the molecule is CCCCOCCCNc1cc(N)cc(OC)c1. The summed E-state index contributed by atoms with van der Waals surface area (Å²) in [5, 5.41) is 3.31. The molecular weight excluding hydrogens is 228 g/mol. The number of benzene rings is 1. The van der Waals surface area contributed by atoms with Gasteiger partial charge in [0.25, 0.3) is 0 Å². The standard InChI is InChI=1S/C14H24N2O2/c1-3-4-7-18-8-5-6-16-13-9-12(15)10-14(11-13)17-2/h9-11,16H,3-8,15H2,1-2H3. The fraction of sp³-hybridized carbons (Fsp3) is 0.571. The fourth-order valence-electron chi connectivity index (χ4n) is 1.60. The minimum absolute atomic E-state index is 0.705. The van der Waals surface area contributed by atoms with Crippen LogP contribution in [0.1, 0.15) is 26.2 Å². The first-order chi connectivity index (χ1) is 8.76. The highest BCUT2D eigenvalue weighted by molar-refractivity contribution is 5.59. The van der Waals surface area contributed by atoms with Crippen LogP contribution in [0.3, 0.4) is 0 Å². The van der Waals surface area contributed by atoms with Gasteiger partial charge in [0.2, 0.25) is 0 Å². The van der Waals surface area contributed by atoms with Gasteiger partial charge in [-0.05, 0) is 18.9 Å². The number of anilines is 2. The average molecular weight is 252 g/mol. The molecule has 0 aliphatic carbocycles. The second-order valence-electron chi connectivity index (χ2n) is 4.24. The smallest absolute Gasteiger partial charge is 0.122 e. The quantitative estimate of drug-likeness (QED) is 0.524. The normalized spacial score (nSPS) is 10.3. The van der Waals surface area contributed by atoms with E-state index in [9.17, 15) is 0 Å². The Bertz CT molecular complexity index is 343. The summed E-state index contributed by atoms with van der Waals surface area (Å²) in [4.78, 5) is 0. The molecule has 1 aromatic rings. The van der Waals surface area contributed by atoms with E-state index in [-0.39, 0.29) is 0 Å². The van der Waals surface area contributed by atoms with Crippen LogP contribution >= 0.6 is 0 Å². The molecule has 4 nitrogen and oxygen atoms in total. The fourth-order valence-corrected chi connectivity index (χ4v) is 1.60. The number of rotatable bonds is 9. The zero-order chi connectivity index (χ0) is 13.2. The summed E-state index contributed by atoms with van der Waals surface area (Å²) in [7, 11) is 1.64. The number of unbranched alkanes of at least 4 members (excludes halogenated alkanes) is 1. The van der Waals surface area contributed by atoms with Crippen LogP contribution in [0.25, 0.3) is 0 Å². The van der Waals surface area contributed by atoms with Gasteiger partial charge < -0.3 is 20.5 Å². The van der Waals surface area contributed by atoms with E-state index in [1.54, 1.807) is 13.2 Å². The monoisotopic (exact) mass is 252 g/mol. The van der Waals surface area contributed by atoms with Crippen molar-refractivity contribution in [2.75, 3.05) is 37.9 Å². The minimum atomic E-state index is 0.705. The van der Waals surface area contributed by atoms with E-state index in [0.717, 1.165) is 44.0 Å². The maximum atomic E-state index is 5.78. The Morgan fingerprint density at radius 2 is 1.94 bits per heavy atom. The molecule has 0 amide bonds. The minimum Gasteiger partial charge on any atom is -0.497 e. The van der Waals surface area contributed by atoms with E-state index < -0.39 is 0 Å². The first-order valence-corrected chi connectivity index (χ1v) is 6.52. The number of nitrogens with one attached hydrogen (secondary N) is 1. The summed E-state index contributed by atoms with van der Waals surface area (Å²) >= 11 is 0. The maximum Gasteiger partial charge on any atom is 0.122 e. The molecule has 1 rings (SSSR count). The van der Waals surface area contributed by atoms with Gasteiger partial charge in [-0.1, -0.05) is 13.3 Å². The van der Waals surface area contributed by atoms with Crippen LogP contribution in [0.2, 0.25) is 0 Å². The van der Waals surface area contributed by atoms with Gasteiger partial charge >= 0.3 is 0 Å². The number of hydrogen-bond acceptors (Lipinski definition) is 4. The van der Waals surface area contributed by atoms with Crippen LogP contribution in [-0.2, 0) is 4.74 Å². The van der Waals surface area contributed by atoms with Crippen LogP contribution in [0, 0.1) is 0 Å². The zero-order valence-corrected chi connectivity index (χ0v) is 11.4. The summed E-state index contributed by atoms with van der Waals surface area (Å²) in [6.07, 6.45) is 3.31. The van der Waals surface area contributed by atoms with Crippen molar-refractivity contribution in [3.8, 4) is 5.75 Å². The van der Waals surface area contributed by atoms with Gasteiger partial charge in [0.05, 0.1) is 7.11 Å². The molecule has 0 unspecified atom stereocenters. The second-order valence-corrected chi connectivity index (χ2v) is 4.24. The molecule has 102 valence electrons. The Morgan fingerprint density at radius 3 is 2.67 bits per heavy atom. The lowest BCUT2D eigenvalue weighted by Gasteiger charge is -2.09. The van der Waals surface area contributed by atoms with Crippen LogP contribution < -0.4 is 15.8 Å². The predicted octanol–water partition coefficient (Wildman–Crippen LogP) is 2.90. The summed E-state index contributed by atoms with van der Waals surface area (Å²) in [5.41, 5.74) is 7.47. The summed E-state index contributed by atoms with van der Waals surface area (Å²) < 4.78 is 10.7. The summed E-state index contributed by atoms with van der Waals surface area (Å²) in [6, 6.07) is 5.65. The molecule has 0 spiro atoms. The van der Waals surface area contributed by atoms with Crippen LogP contribution in [0.4, 0.5) is 11.4 Å². The van der Waals surface area contributed by atoms with E-state index in [4.69, 9.17) is 15.2 Å². The molecule has 0 bridgehead atoms. The van der Waals surface area contributed by atoms with Gasteiger partial charge in [-0.25, -0.2) is 0 Å². The van der Waals surface area contributed by atoms with Crippen molar-refractivity contribution in [3.05, 3.63) is 18.2 Å². The van der Waals surface area contributed by atoms with Gasteiger partial charge in [0, 0.05) is 43.3 Å². The molecule has 18 heavy (non-hydrogen) atoms. The highest BCUT2D eigenvalue weighted by Crippen LogP contribution is 2.21. The first kappa shape index (κ1) is 14.6. The third-order valence-electron chi connectivity index (χ3n) is 2.60. The third-order valence-corrected chi connectivity index (χ3v) is 2.60. The lowest BCUT2D eigenvalue weighted by atomic mass is 10.2. The number of ether oxygens (including phenoxy) is 2. The van der Waals surface area contributed by atoms with Crippen molar-refractivity contribution in [1.82, 2.24) is 0 Å². The van der Waals surface area contributed by atoms with Crippen molar-refractivity contribution >= 4 is 11.4 Å². The molecule has 0 aromatic heterocycles. The molecule has 0 heterocycles. The van der Waals surface area contributed by atoms with Gasteiger partial charge in [-0.3, -0.25) is 0 Å². The molecule has 0 aliphatic rings. The zero-order valence-electron chi connectivity index (χ0n) is 11.4. The Labute approximate surface area is 109 Å². The molecule has 0 aliphatic heterocycles. The van der Waals surface area contributed by atoms with Gasteiger partial charge in [-0.2, -0.15) is 0 Å². The molecule has 0 saturated carbocycles. The number of methoxy groups -OCH3 is 1. The third kappa shape index (κ3) is 5.77. The average Bonchev–Trinajstić information content (AvgIpc) is 2.37. The Kier molecular flexibility index (Phi) is 7.03. The topological polar surface area (TPSA) is 56.5 Å². The summed E-state index contributed by atoms with van der Waals surface area (Å²) in [5.74, 6) is 0.775. The Hall–Kier alpha value is -1.42. The van der Waals surface area contributed by atoms with Crippen molar-refractivity contribution in [2.24, 2.45) is 0 Å². The van der Waals surface area contributed by atoms with Gasteiger partial charge in [-0.15, -0.1) is 0 Å². The van der Waals surface area contributed by atoms with E-state index >= 15 is 0 Å². The summed E-state index contributed by atoms with van der Waals surface area (Å²) in [6.45, 7) is 4.70. The van der Waals surface area contributed by atoms with Crippen LogP contribution in [-0.4, -0.2) is 26.9 Å². The van der Waals surface area contributed by atoms with E-state index in [1.165, 1.54) is 6.42 Å². The molecule has 0 atom stereocenters. The largest absolute Gasteiger partial charge is 0.497 e. The number of nitrogen functional groups attached to an aromatic ring is 1. The van der Waals surface area contributed by atoms with E-state index in [1.807, 2.05) is 12.1 Å². The number of nitrogens with two attached hydrogens (primary N) is 1. The molecule has 0 fully saturated rings. The van der Waals surface area contributed by atoms with Crippen molar-refractivity contribution < 1.29 is 9.47 Å². The van der Waals surface area contributed by atoms with E-state index in [0.29, 0.717) is 5.69 Å². The molecular formula is C14H24N2O2. The van der Waals surface area contributed by atoms with Crippen LogP contribution in [0.15, 0.2) is 18.2 Å². The lowest BCUT2D eigenvalue weighted by molar-refractivity contribution is 0.131. The Morgan fingerprint density at radius 1 is 1.17 bits per heavy atom. The molecule has 1 aromatic carbocycles. The van der Waals surface area contributed by atoms with E-state index in [2.05, 4.69) is 12.2 Å². The Balaban J connectivity index is 2.20. The molecule has 0 saturated heterocycles. The van der Waals surface area contributed by atoms with Gasteiger partial charge in [0.15, 0.2) is 0 Å². The van der Waals surface area contributed by atoms with Crippen LogP contribution in [0.5, 0.6) is 5.75 Å². The highest BCUT2D eigenvalue weighted by atomic mass is 16.5. The van der Waals surface area contributed by atoms with Crippen molar-refractivity contribution in [1.29, 1.82) is 0 Å². The molecule has 4 heteroatoms. The van der Waals surface area contributed by atoms with Crippen molar-refractivity contribution in [2.45, 2.75) is 26.2 Å². The van der Waals surface area contributed by atoms with Gasteiger partial charge in [0.1, 0.15) is 5.75 Å². The number of hydrogen-bond donors (Lipinski definition) is 2. The lowest BCUT2D eigenvalue weighted by Crippen LogP contribution is -2.06. The molecule has 0 radical (unpaired) electrons. The first-order valence-electron chi connectivity index (χ1n) is 6.52.